The number of benzene rings is 4. The highest BCUT2D eigenvalue weighted by Crippen LogP contribution is 2.49. The average molecular weight is 388 g/mol. The van der Waals surface area contributed by atoms with Crippen molar-refractivity contribution in [2.45, 2.75) is 33.1 Å². The first-order valence-electron chi connectivity index (χ1n) is 10.7. The van der Waals surface area contributed by atoms with E-state index >= 15 is 0 Å². The third-order valence-corrected chi connectivity index (χ3v) is 6.90. The second-order valence-electron chi connectivity index (χ2n) is 9.28. The van der Waals surface area contributed by atoms with Crippen LogP contribution in [-0.4, -0.2) is 4.57 Å². The Morgan fingerprint density at radius 3 is 1.87 bits per heavy atom. The van der Waals surface area contributed by atoms with Crippen LogP contribution in [-0.2, 0) is 5.41 Å². The Morgan fingerprint density at radius 2 is 1.20 bits per heavy atom. The summed E-state index contributed by atoms with van der Waals surface area (Å²) >= 11 is 0. The quantitative estimate of drug-likeness (QED) is 0.278. The van der Waals surface area contributed by atoms with E-state index in [4.69, 9.17) is 0 Å². The Bertz CT molecular complexity index is 1420. The summed E-state index contributed by atoms with van der Waals surface area (Å²) in [4.78, 5) is 0. The molecule has 0 saturated carbocycles. The van der Waals surface area contributed by atoms with Crippen LogP contribution in [0, 0.1) is 13.8 Å². The third-order valence-electron chi connectivity index (χ3n) is 6.90. The van der Waals surface area contributed by atoms with E-state index in [1.807, 2.05) is 0 Å². The molecule has 0 saturated heterocycles. The number of fused-ring (bicyclic) bond motifs is 6. The van der Waals surface area contributed by atoms with Gasteiger partial charge in [0.2, 0.25) is 0 Å². The van der Waals surface area contributed by atoms with Crippen LogP contribution >= 0.6 is 0 Å². The zero-order valence-corrected chi connectivity index (χ0v) is 18.0. The highest BCUT2D eigenvalue weighted by molar-refractivity contribution is 6.09. The zero-order chi connectivity index (χ0) is 20.6. The van der Waals surface area contributed by atoms with Gasteiger partial charge in [-0.3, -0.25) is 0 Å². The standard InChI is InChI=1S/C29H25N/c1-18-9-13-27-23(15-18)24-16-19(2)10-14-28(24)30(27)20-11-12-22-21-7-5-6-8-25(21)29(3,4)26(22)17-20/h5-17H,1-4H3. The Balaban J connectivity index is 1.68. The van der Waals surface area contributed by atoms with Crippen LogP contribution in [0.5, 0.6) is 0 Å². The van der Waals surface area contributed by atoms with Gasteiger partial charge in [0.15, 0.2) is 0 Å². The molecule has 1 heteroatoms. The summed E-state index contributed by atoms with van der Waals surface area (Å²) in [6, 6.07) is 29.5. The molecule has 0 fully saturated rings. The number of hydrogen-bond donors (Lipinski definition) is 0. The Labute approximate surface area is 177 Å². The second-order valence-corrected chi connectivity index (χ2v) is 9.28. The first kappa shape index (κ1) is 17.5. The van der Waals surface area contributed by atoms with Gasteiger partial charge >= 0.3 is 0 Å². The van der Waals surface area contributed by atoms with Gasteiger partial charge in [0.1, 0.15) is 0 Å². The fourth-order valence-electron chi connectivity index (χ4n) is 5.36. The van der Waals surface area contributed by atoms with E-state index in [0.29, 0.717) is 0 Å². The predicted molar refractivity (Wildman–Crippen MR) is 128 cm³/mol. The number of rotatable bonds is 1. The van der Waals surface area contributed by atoms with E-state index in [-0.39, 0.29) is 5.41 Å². The van der Waals surface area contributed by atoms with Gasteiger partial charge in [-0.15, -0.1) is 0 Å². The van der Waals surface area contributed by atoms with Gasteiger partial charge in [-0.05, 0) is 72.5 Å². The van der Waals surface area contributed by atoms with E-state index < -0.39 is 0 Å². The van der Waals surface area contributed by atoms with Crippen LogP contribution in [0.1, 0.15) is 36.1 Å². The smallest absolute Gasteiger partial charge is 0.0541 e. The summed E-state index contributed by atoms with van der Waals surface area (Å²) in [5.41, 5.74) is 12.0. The fraction of sp³-hybridized carbons (Fsp3) is 0.172. The van der Waals surface area contributed by atoms with Crippen molar-refractivity contribution in [1.82, 2.24) is 4.57 Å². The van der Waals surface area contributed by atoms with Crippen LogP contribution in [0.3, 0.4) is 0 Å². The molecule has 0 N–H and O–H groups in total. The third kappa shape index (κ3) is 2.24. The SMILES string of the molecule is Cc1ccc2c(c1)c1cc(C)ccc1n2-c1ccc2c(c1)C(C)(C)c1ccccc1-2. The Hall–Kier alpha value is -3.32. The van der Waals surface area contributed by atoms with Crippen LogP contribution in [0.4, 0.5) is 0 Å². The predicted octanol–water partition coefficient (Wildman–Crippen LogP) is 7.71. The molecule has 1 aliphatic carbocycles. The van der Waals surface area contributed by atoms with Gasteiger partial charge in [0.25, 0.3) is 0 Å². The molecule has 0 bridgehead atoms. The molecule has 1 heterocycles. The summed E-state index contributed by atoms with van der Waals surface area (Å²) in [5.74, 6) is 0. The van der Waals surface area contributed by atoms with Gasteiger partial charge < -0.3 is 4.57 Å². The van der Waals surface area contributed by atoms with E-state index in [9.17, 15) is 0 Å². The lowest BCUT2D eigenvalue weighted by atomic mass is 9.82. The first-order chi connectivity index (χ1) is 14.4. The molecular weight excluding hydrogens is 362 g/mol. The van der Waals surface area contributed by atoms with Gasteiger partial charge in [0.05, 0.1) is 11.0 Å². The number of aryl methyl sites for hydroxylation is 2. The molecule has 6 rings (SSSR count). The molecule has 0 amide bonds. The second kappa shape index (κ2) is 5.86. The summed E-state index contributed by atoms with van der Waals surface area (Å²) in [6.07, 6.45) is 0. The molecule has 1 aliphatic rings. The molecule has 5 aromatic rings. The van der Waals surface area contributed by atoms with Gasteiger partial charge in [-0.2, -0.15) is 0 Å². The van der Waals surface area contributed by atoms with Crippen molar-refractivity contribution in [3.8, 4) is 16.8 Å². The lowest BCUT2D eigenvalue weighted by Gasteiger charge is -2.22. The van der Waals surface area contributed by atoms with Crippen LogP contribution in [0.25, 0.3) is 38.6 Å². The van der Waals surface area contributed by atoms with Crippen molar-refractivity contribution in [2.24, 2.45) is 0 Å². The van der Waals surface area contributed by atoms with E-state index in [2.05, 4.69) is 111 Å². The summed E-state index contributed by atoms with van der Waals surface area (Å²) in [7, 11) is 0. The van der Waals surface area contributed by atoms with Gasteiger partial charge in [0, 0.05) is 21.9 Å². The van der Waals surface area contributed by atoms with Crippen molar-refractivity contribution in [3.05, 3.63) is 101 Å². The van der Waals surface area contributed by atoms with Crippen LogP contribution in [0.15, 0.2) is 78.9 Å². The van der Waals surface area contributed by atoms with Crippen molar-refractivity contribution >= 4 is 21.8 Å². The minimum Gasteiger partial charge on any atom is -0.309 e. The molecule has 4 aromatic carbocycles. The fourth-order valence-corrected chi connectivity index (χ4v) is 5.36. The largest absolute Gasteiger partial charge is 0.309 e. The highest BCUT2D eigenvalue weighted by Gasteiger charge is 2.35. The maximum absolute atomic E-state index is 2.43. The topological polar surface area (TPSA) is 4.93 Å². The lowest BCUT2D eigenvalue weighted by Crippen LogP contribution is -2.15. The molecule has 0 atom stereocenters. The minimum absolute atomic E-state index is 0.00781. The Morgan fingerprint density at radius 1 is 0.600 bits per heavy atom. The molecule has 30 heavy (non-hydrogen) atoms. The van der Waals surface area contributed by atoms with Crippen molar-refractivity contribution < 1.29 is 0 Å². The number of hydrogen-bond acceptors (Lipinski definition) is 0. The molecule has 146 valence electrons. The summed E-state index contributed by atoms with van der Waals surface area (Å²) in [5, 5.41) is 2.66. The zero-order valence-electron chi connectivity index (χ0n) is 18.0. The average Bonchev–Trinajstić information content (AvgIpc) is 3.17. The molecule has 0 unspecified atom stereocenters. The molecular formula is C29H25N. The van der Waals surface area contributed by atoms with Crippen molar-refractivity contribution in [3.63, 3.8) is 0 Å². The minimum atomic E-state index is 0.00781. The highest BCUT2D eigenvalue weighted by atomic mass is 15.0. The van der Waals surface area contributed by atoms with Crippen LogP contribution in [0.2, 0.25) is 0 Å². The molecule has 0 radical (unpaired) electrons. The molecule has 1 nitrogen and oxygen atoms in total. The summed E-state index contributed by atoms with van der Waals surface area (Å²) in [6.45, 7) is 9.04. The van der Waals surface area contributed by atoms with E-state index in [1.165, 1.54) is 60.9 Å². The van der Waals surface area contributed by atoms with E-state index in [1.54, 1.807) is 0 Å². The van der Waals surface area contributed by atoms with Gasteiger partial charge in [-0.25, -0.2) is 0 Å². The molecule has 1 aromatic heterocycles. The monoisotopic (exact) mass is 387 g/mol. The van der Waals surface area contributed by atoms with Gasteiger partial charge in [-0.1, -0.05) is 67.4 Å². The summed E-state index contributed by atoms with van der Waals surface area (Å²) < 4.78 is 2.43. The molecule has 0 aliphatic heterocycles. The normalized spacial score (nSPS) is 14.3. The number of nitrogens with zero attached hydrogens (tertiary/aromatic N) is 1. The first-order valence-corrected chi connectivity index (χ1v) is 10.7. The van der Waals surface area contributed by atoms with Crippen molar-refractivity contribution in [2.75, 3.05) is 0 Å². The molecule has 0 spiro atoms. The number of aromatic nitrogens is 1. The van der Waals surface area contributed by atoms with E-state index in [0.717, 1.165) is 0 Å². The van der Waals surface area contributed by atoms with Crippen LogP contribution < -0.4 is 0 Å². The van der Waals surface area contributed by atoms with Crippen molar-refractivity contribution in [1.29, 1.82) is 0 Å². The maximum atomic E-state index is 2.43. The lowest BCUT2D eigenvalue weighted by molar-refractivity contribution is 0.660. The Kier molecular flexibility index (Phi) is 3.42. The maximum Gasteiger partial charge on any atom is 0.0541 e.